The van der Waals surface area contributed by atoms with E-state index >= 15 is 0 Å². The van der Waals surface area contributed by atoms with Gasteiger partial charge in [0, 0.05) is 28.0 Å². The number of carbonyl (C=O) groups excluding carboxylic acids is 1. The van der Waals surface area contributed by atoms with Gasteiger partial charge in [-0.3, -0.25) is 4.79 Å². The van der Waals surface area contributed by atoms with E-state index in [-0.39, 0.29) is 5.91 Å². The van der Waals surface area contributed by atoms with Gasteiger partial charge in [0.2, 0.25) is 5.91 Å². The van der Waals surface area contributed by atoms with Crippen molar-refractivity contribution in [3.63, 3.8) is 0 Å². The Labute approximate surface area is 152 Å². The Morgan fingerprint density at radius 1 is 1.21 bits per heavy atom. The van der Waals surface area contributed by atoms with Gasteiger partial charge in [-0.25, -0.2) is 4.98 Å². The first kappa shape index (κ1) is 16.7. The van der Waals surface area contributed by atoms with Gasteiger partial charge in [-0.2, -0.15) is 0 Å². The van der Waals surface area contributed by atoms with Gasteiger partial charge >= 0.3 is 0 Å². The first-order valence-corrected chi connectivity index (χ1v) is 8.91. The van der Waals surface area contributed by atoms with Crippen LogP contribution in [0.2, 0.25) is 0 Å². The molecule has 1 heterocycles. The van der Waals surface area contributed by atoms with Crippen molar-refractivity contribution in [1.82, 2.24) is 4.98 Å². The molecule has 1 aromatic heterocycles. The predicted molar refractivity (Wildman–Crippen MR) is 102 cm³/mol. The number of ether oxygens (including phenoxy) is 1. The van der Waals surface area contributed by atoms with Gasteiger partial charge in [0.15, 0.2) is 0 Å². The van der Waals surface area contributed by atoms with Crippen molar-refractivity contribution < 1.29 is 9.53 Å². The van der Waals surface area contributed by atoms with Crippen molar-refractivity contribution >= 4 is 38.9 Å². The zero-order valence-corrected chi connectivity index (χ0v) is 15.6. The van der Waals surface area contributed by atoms with Crippen LogP contribution in [-0.4, -0.2) is 18.0 Å². The van der Waals surface area contributed by atoms with Crippen molar-refractivity contribution in [2.24, 2.45) is 0 Å². The van der Waals surface area contributed by atoms with Gasteiger partial charge in [-0.1, -0.05) is 28.1 Å². The number of hydrogen-bond donors (Lipinski definition) is 1. The number of amides is 1. The molecule has 1 amide bonds. The van der Waals surface area contributed by atoms with Crippen molar-refractivity contribution in [3.05, 3.63) is 52.3 Å². The number of anilines is 1. The Balaban J connectivity index is 1.91. The van der Waals surface area contributed by atoms with Crippen LogP contribution in [0.1, 0.15) is 6.92 Å². The fourth-order valence-electron chi connectivity index (χ4n) is 2.30. The third-order valence-electron chi connectivity index (χ3n) is 3.40. The molecule has 3 aromatic rings. The molecule has 6 heteroatoms. The molecule has 0 aliphatic carbocycles. The van der Waals surface area contributed by atoms with Gasteiger partial charge in [0.25, 0.3) is 0 Å². The molecule has 0 saturated carbocycles. The van der Waals surface area contributed by atoms with Crippen LogP contribution in [0.5, 0.6) is 5.75 Å². The molecule has 0 spiro atoms. The molecule has 0 aliphatic heterocycles. The zero-order chi connectivity index (χ0) is 17.1. The summed E-state index contributed by atoms with van der Waals surface area (Å²) in [7, 11) is 1.65. The standard InChI is InChI=1S/C18H15BrN2O2S/c1-11(22)20-14-6-3-12(4-7-14)16-10-24-18(21-16)15-9-13(19)5-8-17(15)23-2/h3-10H,1-2H3,(H,20,22). The van der Waals surface area contributed by atoms with E-state index in [1.807, 2.05) is 47.8 Å². The third kappa shape index (κ3) is 3.66. The van der Waals surface area contributed by atoms with Gasteiger partial charge in [0.05, 0.1) is 18.4 Å². The van der Waals surface area contributed by atoms with Crippen LogP contribution in [-0.2, 0) is 4.79 Å². The molecule has 0 radical (unpaired) electrons. The molecule has 0 saturated heterocycles. The zero-order valence-electron chi connectivity index (χ0n) is 13.2. The molecule has 24 heavy (non-hydrogen) atoms. The molecule has 0 bridgehead atoms. The summed E-state index contributed by atoms with van der Waals surface area (Å²) < 4.78 is 6.41. The predicted octanol–water partition coefficient (Wildman–Crippen LogP) is 5.21. The number of thiazole rings is 1. The normalized spacial score (nSPS) is 10.5. The first-order chi connectivity index (χ1) is 11.6. The van der Waals surface area contributed by atoms with Crippen molar-refractivity contribution in [2.45, 2.75) is 6.92 Å². The third-order valence-corrected chi connectivity index (χ3v) is 4.77. The molecular weight excluding hydrogens is 388 g/mol. The summed E-state index contributed by atoms with van der Waals surface area (Å²) in [6.45, 7) is 1.49. The summed E-state index contributed by atoms with van der Waals surface area (Å²) in [6, 6.07) is 13.5. The SMILES string of the molecule is COc1ccc(Br)cc1-c1nc(-c2ccc(NC(C)=O)cc2)cs1. The highest BCUT2D eigenvalue weighted by Gasteiger charge is 2.12. The highest BCUT2D eigenvalue weighted by atomic mass is 79.9. The molecule has 4 nitrogen and oxygen atoms in total. The summed E-state index contributed by atoms with van der Waals surface area (Å²) in [5, 5.41) is 5.67. The molecule has 2 aromatic carbocycles. The van der Waals surface area contributed by atoms with Crippen LogP contribution in [0, 0.1) is 0 Å². The number of methoxy groups -OCH3 is 1. The second-order valence-electron chi connectivity index (χ2n) is 5.14. The van der Waals surface area contributed by atoms with E-state index < -0.39 is 0 Å². The maximum absolute atomic E-state index is 11.1. The van der Waals surface area contributed by atoms with E-state index in [0.717, 1.165) is 37.7 Å². The number of aromatic nitrogens is 1. The van der Waals surface area contributed by atoms with Crippen molar-refractivity contribution in [2.75, 3.05) is 12.4 Å². The van der Waals surface area contributed by atoms with Gasteiger partial charge < -0.3 is 10.1 Å². The van der Waals surface area contributed by atoms with E-state index in [1.54, 1.807) is 18.4 Å². The number of halogens is 1. The van der Waals surface area contributed by atoms with Crippen LogP contribution in [0.4, 0.5) is 5.69 Å². The summed E-state index contributed by atoms with van der Waals surface area (Å²) in [4.78, 5) is 15.8. The number of nitrogens with one attached hydrogen (secondary N) is 1. The molecule has 0 unspecified atom stereocenters. The van der Waals surface area contributed by atoms with Crippen LogP contribution in [0.3, 0.4) is 0 Å². The van der Waals surface area contributed by atoms with Gasteiger partial charge in [-0.15, -0.1) is 11.3 Å². The average molecular weight is 403 g/mol. The van der Waals surface area contributed by atoms with Gasteiger partial charge in [0.1, 0.15) is 10.8 Å². The number of rotatable bonds is 4. The molecule has 0 aliphatic rings. The number of carbonyl (C=O) groups is 1. The Kier molecular flexibility index (Phi) is 4.97. The van der Waals surface area contributed by atoms with Gasteiger partial charge in [-0.05, 0) is 30.3 Å². The highest BCUT2D eigenvalue weighted by molar-refractivity contribution is 9.10. The molecule has 0 atom stereocenters. The second-order valence-corrected chi connectivity index (χ2v) is 6.91. The van der Waals surface area contributed by atoms with E-state index in [4.69, 9.17) is 9.72 Å². The lowest BCUT2D eigenvalue weighted by molar-refractivity contribution is -0.114. The van der Waals surface area contributed by atoms with Crippen LogP contribution in [0.15, 0.2) is 52.3 Å². The summed E-state index contributed by atoms with van der Waals surface area (Å²) in [5.74, 6) is 0.709. The molecule has 1 N–H and O–H groups in total. The lowest BCUT2D eigenvalue weighted by Gasteiger charge is -2.06. The minimum Gasteiger partial charge on any atom is -0.496 e. The summed E-state index contributed by atoms with van der Waals surface area (Å²) in [6.07, 6.45) is 0. The summed E-state index contributed by atoms with van der Waals surface area (Å²) >= 11 is 5.06. The number of hydrogen-bond acceptors (Lipinski definition) is 4. The second kappa shape index (κ2) is 7.15. The van der Waals surface area contributed by atoms with E-state index in [1.165, 1.54) is 6.92 Å². The van der Waals surface area contributed by atoms with Crippen LogP contribution >= 0.6 is 27.3 Å². The molecule has 3 rings (SSSR count). The largest absolute Gasteiger partial charge is 0.496 e. The fraction of sp³-hybridized carbons (Fsp3) is 0.111. The summed E-state index contributed by atoms with van der Waals surface area (Å²) in [5.41, 5.74) is 3.63. The lowest BCUT2D eigenvalue weighted by Crippen LogP contribution is -2.05. The van der Waals surface area contributed by atoms with Crippen LogP contribution in [0.25, 0.3) is 21.8 Å². The minimum atomic E-state index is -0.0829. The monoisotopic (exact) mass is 402 g/mol. The Hall–Kier alpha value is -2.18. The highest BCUT2D eigenvalue weighted by Crippen LogP contribution is 2.36. The number of nitrogens with zero attached hydrogens (tertiary/aromatic N) is 1. The Bertz CT molecular complexity index is 875. The smallest absolute Gasteiger partial charge is 0.221 e. The van der Waals surface area contributed by atoms with Crippen molar-refractivity contribution in [3.8, 4) is 27.6 Å². The van der Waals surface area contributed by atoms with Crippen molar-refractivity contribution in [1.29, 1.82) is 0 Å². The molecular formula is C18H15BrN2O2S. The number of benzene rings is 2. The quantitative estimate of drug-likeness (QED) is 0.651. The average Bonchev–Trinajstić information content (AvgIpc) is 3.05. The maximum Gasteiger partial charge on any atom is 0.221 e. The topological polar surface area (TPSA) is 51.2 Å². The Morgan fingerprint density at radius 2 is 1.96 bits per heavy atom. The van der Waals surface area contributed by atoms with E-state index in [9.17, 15) is 4.79 Å². The first-order valence-electron chi connectivity index (χ1n) is 7.24. The Morgan fingerprint density at radius 3 is 2.62 bits per heavy atom. The molecule has 0 fully saturated rings. The van der Waals surface area contributed by atoms with E-state index in [0.29, 0.717) is 0 Å². The lowest BCUT2D eigenvalue weighted by atomic mass is 10.1. The van der Waals surface area contributed by atoms with E-state index in [2.05, 4.69) is 21.2 Å². The minimum absolute atomic E-state index is 0.0829. The maximum atomic E-state index is 11.1. The fourth-order valence-corrected chi connectivity index (χ4v) is 3.52. The molecule has 122 valence electrons. The van der Waals surface area contributed by atoms with Crippen LogP contribution < -0.4 is 10.1 Å².